The van der Waals surface area contributed by atoms with Crippen LogP contribution in [0.4, 0.5) is 5.69 Å². The minimum absolute atomic E-state index is 0.130. The molecule has 0 saturated carbocycles. The number of fused-ring (bicyclic) bond motifs is 1. The lowest BCUT2D eigenvalue weighted by Gasteiger charge is -2.24. The number of esters is 1. The molecule has 0 unspecified atom stereocenters. The van der Waals surface area contributed by atoms with Gasteiger partial charge in [-0.2, -0.15) is 10.4 Å². The van der Waals surface area contributed by atoms with Gasteiger partial charge in [0.05, 0.1) is 16.9 Å². The van der Waals surface area contributed by atoms with Crippen molar-refractivity contribution in [2.45, 2.75) is 43.8 Å². The topological polar surface area (TPSA) is 169 Å². The molecule has 2 aromatic heterocycles. The van der Waals surface area contributed by atoms with Crippen molar-refractivity contribution in [1.29, 1.82) is 5.26 Å². The molecule has 0 spiro atoms. The lowest BCUT2D eigenvalue weighted by molar-refractivity contribution is -0.153. The minimum Gasteiger partial charge on any atom is -0.462 e. The van der Waals surface area contributed by atoms with Crippen molar-refractivity contribution in [3.05, 3.63) is 30.1 Å². The number of carbonyl (C=O) groups excluding carboxylic acids is 1. The highest BCUT2D eigenvalue weighted by atomic mass is 16.6. The third-order valence-corrected chi connectivity index (χ3v) is 4.97. The Hall–Kier alpha value is -2.71. The molecule has 1 aliphatic rings. The molecule has 0 aromatic carbocycles. The van der Waals surface area contributed by atoms with Crippen molar-refractivity contribution >= 4 is 17.2 Å². The van der Waals surface area contributed by atoms with Gasteiger partial charge in [-0.3, -0.25) is 4.79 Å². The second-order valence-electron chi connectivity index (χ2n) is 7.14. The van der Waals surface area contributed by atoms with E-state index in [-0.39, 0.29) is 18.2 Å². The van der Waals surface area contributed by atoms with Crippen LogP contribution in [0, 0.1) is 17.2 Å². The van der Waals surface area contributed by atoms with Crippen molar-refractivity contribution in [3.63, 3.8) is 0 Å². The molecular weight excluding hydrogens is 366 g/mol. The first-order chi connectivity index (χ1) is 13.2. The SMILES string of the molecule is CC(C)[C@@H](N)C(=O)OC[C@H]1O[C@@](C#N)(c2ccc3c(N)ccnn23)[C@H](O)[C@@H]1O. The summed E-state index contributed by atoms with van der Waals surface area (Å²) in [5, 5.41) is 35.0. The zero-order valence-electron chi connectivity index (χ0n) is 15.5. The number of ether oxygens (including phenoxy) is 2. The average molecular weight is 389 g/mol. The molecule has 1 fully saturated rings. The number of nitrogen functional groups attached to an aromatic ring is 1. The van der Waals surface area contributed by atoms with E-state index >= 15 is 0 Å². The van der Waals surface area contributed by atoms with Crippen LogP contribution >= 0.6 is 0 Å². The van der Waals surface area contributed by atoms with Crippen LogP contribution in [0.1, 0.15) is 19.5 Å². The summed E-state index contributed by atoms with van der Waals surface area (Å²) in [4.78, 5) is 12.0. The zero-order valence-corrected chi connectivity index (χ0v) is 15.5. The maximum absolute atomic E-state index is 12.0. The third kappa shape index (κ3) is 3.08. The van der Waals surface area contributed by atoms with Crippen molar-refractivity contribution < 1.29 is 24.5 Å². The van der Waals surface area contributed by atoms with Crippen molar-refractivity contribution in [1.82, 2.24) is 9.61 Å². The molecule has 28 heavy (non-hydrogen) atoms. The number of nitriles is 1. The first kappa shape index (κ1) is 20.0. The summed E-state index contributed by atoms with van der Waals surface area (Å²) in [5.41, 5.74) is 10.9. The normalized spacial score (nSPS) is 28.4. The predicted octanol–water partition coefficient (Wildman–Crippen LogP) is -0.718. The van der Waals surface area contributed by atoms with Crippen LogP contribution < -0.4 is 11.5 Å². The highest BCUT2D eigenvalue weighted by Crippen LogP contribution is 2.40. The fourth-order valence-corrected chi connectivity index (χ4v) is 3.17. The fourth-order valence-electron chi connectivity index (χ4n) is 3.17. The molecule has 0 bridgehead atoms. The van der Waals surface area contributed by atoms with Gasteiger partial charge in [0.1, 0.15) is 37.0 Å². The first-order valence-electron chi connectivity index (χ1n) is 8.83. The molecular formula is C18H23N5O5. The minimum atomic E-state index is -1.91. The Morgan fingerprint density at radius 2 is 2.18 bits per heavy atom. The van der Waals surface area contributed by atoms with Gasteiger partial charge >= 0.3 is 5.97 Å². The summed E-state index contributed by atoms with van der Waals surface area (Å²) in [6, 6.07) is 5.88. The van der Waals surface area contributed by atoms with E-state index in [1.165, 1.54) is 10.7 Å². The number of nitrogens with zero attached hydrogens (tertiary/aromatic N) is 3. The van der Waals surface area contributed by atoms with Gasteiger partial charge in [0, 0.05) is 6.20 Å². The van der Waals surface area contributed by atoms with E-state index in [1.807, 2.05) is 6.07 Å². The number of rotatable bonds is 5. The van der Waals surface area contributed by atoms with E-state index < -0.39 is 35.9 Å². The molecule has 0 amide bonds. The van der Waals surface area contributed by atoms with E-state index in [9.17, 15) is 20.3 Å². The predicted molar refractivity (Wildman–Crippen MR) is 97.6 cm³/mol. The number of anilines is 1. The number of aliphatic hydroxyl groups is 2. The Kier molecular flexibility index (Phi) is 5.27. The standard InChI is InChI=1S/C18H23N5O5/c1-9(2)14(21)17(26)27-7-12-15(24)16(25)18(8-19,28-12)13-4-3-11-10(20)5-6-22-23(11)13/h3-6,9,12,14-16,24-25H,7,20-21H2,1-2H3/t12-,14-,15-,16-,18+/m1/s1. The summed E-state index contributed by atoms with van der Waals surface area (Å²) in [6.07, 6.45) is -2.73. The number of aromatic nitrogens is 2. The van der Waals surface area contributed by atoms with Crippen LogP contribution in [-0.2, 0) is 19.9 Å². The van der Waals surface area contributed by atoms with Gasteiger partial charge in [-0.25, -0.2) is 4.52 Å². The van der Waals surface area contributed by atoms with Gasteiger partial charge in [-0.15, -0.1) is 0 Å². The maximum Gasteiger partial charge on any atom is 0.323 e. The van der Waals surface area contributed by atoms with Crippen LogP contribution in [0.2, 0.25) is 0 Å². The molecule has 1 aliphatic heterocycles. The Labute approximate surface area is 161 Å². The van der Waals surface area contributed by atoms with Gasteiger partial charge < -0.3 is 31.2 Å². The summed E-state index contributed by atoms with van der Waals surface area (Å²) >= 11 is 0. The van der Waals surface area contributed by atoms with Gasteiger partial charge in [-0.05, 0) is 24.1 Å². The molecule has 10 nitrogen and oxygen atoms in total. The maximum atomic E-state index is 12.0. The quantitative estimate of drug-likeness (QED) is 0.482. The number of hydrogen-bond acceptors (Lipinski definition) is 9. The number of aliphatic hydroxyl groups excluding tert-OH is 2. The number of nitrogens with two attached hydrogens (primary N) is 2. The van der Waals surface area contributed by atoms with E-state index in [0.29, 0.717) is 11.2 Å². The molecule has 5 atom stereocenters. The first-order valence-corrected chi connectivity index (χ1v) is 8.83. The van der Waals surface area contributed by atoms with Crippen LogP contribution in [0.15, 0.2) is 24.4 Å². The van der Waals surface area contributed by atoms with Gasteiger partial charge in [0.2, 0.25) is 5.60 Å². The van der Waals surface area contributed by atoms with E-state index in [1.54, 1.807) is 32.0 Å². The van der Waals surface area contributed by atoms with Crippen LogP contribution in [0.25, 0.3) is 5.52 Å². The van der Waals surface area contributed by atoms with Gasteiger partial charge in [0.15, 0.2) is 0 Å². The Morgan fingerprint density at radius 1 is 1.46 bits per heavy atom. The molecule has 2 aromatic rings. The van der Waals surface area contributed by atoms with Crippen LogP contribution in [0.3, 0.4) is 0 Å². The molecule has 0 radical (unpaired) electrons. The molecule has 1 saturated heterocycles. The van der Waals surface area contributed by atoms with Crippen molar-refractivity contribution in [2.75, 3.05) is 12.3 Å². The molecule has 3 rings (SSSR count). The molecule has 6 N–H and O–H groups in total. The fraction of sp³-hybridized carbons (Fsp3) is 0.500. The lowest BCUT2D eigenvalue weighted by Crippen LogP contribution is -2.41. The molecule has 0 aliphatic carbocycles. The second-order valence-corrected chi connectivity index (χ2v) is 7.14. The highest BCUT2D eigenvalue weighted by molar-refractivity contribution is 5.75. The highest BCUT2D eigenvalue weighted by Gasteiger charge is 2.57. The van der Waals surface area contributed by atoms with E-state index in [0.717, 1.165) is 0 Å². The zero-order chi connectivity index (χ0) is 20.6. The smallest absolute Gasteiger partial charge is 0.323 e. The summed E-state index contributed by atoms with van der Waals surface area (Å²) in [5.74, 6) is -0.786. The van der Waals surface area contributed by atoms with E-state index in [4.69, 9.17) is 20.9 Å². The Bertz CT molecular complexity index is 923. The van der Waals surface area contributed by atoms with Crippen molar-refractivity contribution in [2.24, 2.45) is 11.7 Å². The van der Waals surface area contributed by atoms with E-state index in [2.05, 4.69) is 5.10 Å². The number of carbonyl (C=O) groups is 1. The molecule has 3 heterocycles. The average Bonchev–Trinajstić information content (AvgIpc) is 3.21. The Morgan fingerprint density at radius 3 is 2.82 bits per heavy atom. The summed E-state index contributed by atoms with van der Waals surface area (Å²) in [7, 11) is 0. The monoisotopic (exact) mass is 389 g/mol. The third-order valence-electron chi connectivity index (χ3n) is 4.97. The van der Waals surface area contributed by atoms with Gasteiger partial charge in [-0.1, -0.05) is 13.8 Å². The van der Waals surface area contributed by atoms with Crippen molar-refractivity contribution in [3.8, 4) is 6.07 Å². The van der Waals surface area contributed by atoms with Crippen LogP contribution in [-0.4, -0.2) is 56.8 Å². The molecule has 150 valence electrons. The second kappa shape index (κ2) is 7.37. The molecule has 10 heteroatoms. The Balaban J connectivity index is 1.88. The summed E-state index contributed by atoms with van der Waals surface area (Å²) in [6.45, 7) is 3.18. The lowest BCUT2D eigenvalue weighted by atomic mass is 9.92. The largest absolute Gasteiger partial charge is 0.462 e. The summed E-state index contributed by atoms with van der Waals surface area (Å²) < 4.78 is 12.2. The van der Waals surface area contributed by atoms with Gasteiger partial charge in [0.25, 0.3) is 0 Å². The van der Waals surface area contributed by atoms with Crippen LogP contribution in [0.5, 0.6) is 0 Å². The number of hydrogen-bond donors (Lipinski definition) is 4.